The Bertz CT molecular complexity index is 971. The molecule has 0 fully saturated rings. The number of para-hydroxylation sites is 2. The van der Waals surface area contributed by atoms with Gasteiger partial charge in [-0.3, -0.25) is 9.36 Å². The Hall–Kier alpha value is -2.31. The summed E-state index contributed by atoms with van der Waals surface area (Å²) in [6.45, 7) is 5.01. The summed E-state index contributed by atoms with van der Waals surface area (Å²) >= 11 is 1.54. The molecule has 3 aromatic rings. The maximum absolute atomic E-state index is 13.1. The number of methoxy groups -OCH3 is 1. The normalized spacial score (nSPS) is 12.3. The summed E-state index contributed by atoms with van der Waals surface area (Å²) in [5.74, 6) is 1.54. The first-order valence-corrected chi connectivity index (χ1v) is 9.98. The van der Waals surface area contributed by atoms with Crippen molar-refractivity contribution in [3.05, 3.63) is 64.4 Å². The van der Waals surface area contributed by atoms with Crippen LogP contribution in [0.5, 0.6) is 5.75 Å². The standard InChI is InChI=1S/C21H24N2O3S/c1-4-26-19-12-8-5-9-16(19)14-27-21-22-18-11-7-6-10-17(18)20(24)23(21)15(2)13-25-3/h5-12,15H,4,13-14H2,1-3H3/t15-/m0/s1. The number of ether oxygens (including phenoxy) is 2. The highest BCUT2D eigenvalue weighted by atomic mass is 32.2. The smallest absolute Gasteiger partial charge is 0.262 e. The van der Waals surface area contributed by atoms with Crippen LogP contribution in [-0.4, -0.2) is 29.9 Å². The highest BCUT2D eigenvalue weighted by Gasteiger charge is 2.17. The molecule has 2 aromatic carbocycles. The number of nitrogens with zero attached hydrogens (tertiary/aromatic N) is 2. The number of thioether (sulfide) groups is 1. The Morgan fingerprint density at radius 1 is 1.15 bits per heavy atom. The molecule has 0 radical (unpaired) electrons. The first kappa shape index (κ1) is 19.5. The van der Waals surface area contributed by atoms with Gasteiger partial charge in [0.1, 0.15) is 5.75 Å². The molecule has 0 bridgehead atoms. The lowest BCUT2D eigenvalue weighted by Crippen LogP contribution is -2.28. The monoisotopic (exact) mass is 384 g/mol. The molecule has 3 rings (SSSR count). The maximum Gasteiger partial charge on any atom is 0.262 e. The molecule has 27 heavy (non-hydrogen) atoms. The SMILES string of the molecule is CCOc1ccccc1CSc1nc2ccccc2c(=O)n1[C@@H](C)COC. The summed E-state index contributed by atoms with van der Waals surface area (Å²) < 4.78 is 12.7. The second-order valence-corrected chi connectivity index (χ2v) is 7.16. The van der Waals surface area contributed by atoms with Crippen molar-refractivity contribution in [2.75, 3.05) is 20.3 Å². The molecule has 5 nitrogen and oxygen atoms in total. The molecule has 0 saturated heterocycles. The molecule has 1 aromatic heterocycles. The largest absolute Gasteiger partial charge is 0.494 e. The zero-order valence-corrected chi connectivity index (χ0v) is 16.7. The maximum atomic E-state index is 13.1. The molecular weight excluding hydrogens is 360 g/mol. The van der Waals surface area contributed by atoms with Crippen LogP contribution >= 0.6 is 11.8 Å². The minimum absolute atomic E-state index is 0.0363. The van der Waals surface area contributed by atoms with Gasteiger partial charge in [-0.1, -0.05) is 42.1 Å². The van der Waals surface area contributed by atoms with Gasteiger partial charge in [0.25, 0.3) is 5.56 Å². The average Bonchev–Trinajstić information content (AvgIpc) is 2.68. The van der Waals surface area contributed by atoms with Crippen LogP contribution in [0.15, 0.2) is 58.5 Å². The Kier molecular flexibility index (Phi) is 6.53. The molecule has 1 atom stereocenters. The van der Waals surface area contributed by atoms with E-state index >= 15 is 0 Å². The number of fused-ring (bicyclic) bond motifs is 1. The van der Waals surface area contributed by atoms with E-state index in [4.69, 9.17) is 14.5 Å². The lowest BCUT2D eigenvalue weighted by molar-refractivity contribution is 0.156. The van der Waals surface area contributed by atoms with E-state index in [1.807, 2.05) is 62.4 Å². The average molecular weight is 385 g/mol. The van der Waals surface area contributed by atoms with Crippen LogP contribution in [0.1, 0.15) is 25.5 Å². The number of rotatable bonds is 8. The van der Waals surface area contributed by atoms with Crippen molar-refractivity contribution in [1.82, 2.24) is 9.55 Å². The van der Waals surface area contributed by atoms with E-state index in [0.717, 1.165) is 11.3 Å². The van der Waals surface area contributed by atoms with Crippen molar-refractivity contribution < 1.29 is 9.47 Å². The third-order valence-corrected chi connectivity index (χ3v) is 5.25. The fourth-order valence-electron chi connectivity index (χ4n) is 2.99. The van der Waals surface area contributed by atoms with Gasteiger partial charge >= 0.3 is 0 Å². The van der Waals surface area contributed by atoms with E-state index < -0.39 is 0 Å². The predicted molar refractivity (Wildman–Crippen MR) is 110 cm³/mol. The van der Waals surface area contributed by atoms with Crippen LogP contribution < -0.4 is 10.3 Å². The van der Waals surface area contributed by atoms with Crippen LogP contribution in [0, 0.1) is 0 Å². The van der Waals surface area contributed by atoms with Crippen molar-refractivity contribution in [3.63, 3.8) is 0 Å². The molecule has 0 aliphatic heterocycles. The minimum atomic E-state index is -0.107. The molecule has 0 spiro atoms. The highest BCUT2D eigenvalue weighted by Crippen LogP contribution is 2.28. The second kappa shape index (κ2) is 9.06. The summed E-state index contributed by atoms with van der Waals surface area (Å²) in [6, 6.07) is 15.3. The van der Waals surface area contributed by atoms with Crippen molar-refractivity contribution >= 4 is 22.7 Å². The van der Waals surface area contributed by atoms with Gasteiger partial charge < -0.3 is 9.47 Å². The molecular formula is C21H24N2O3S. The fraction of sp³-hybridized carbons (Fsp3) is 0.333. The fourth-order valence-corrected chi connectivity index (χ4v) is 4.08. The van der Waals surface area contributed by atoms with Gasteiger partial charge in [-0.05, 0) is 32.0 Å². The molecule has 0 N–H and O–H groups in total. The molecule has 1 heterocycles. The Balaban J connectivity index is 2.00. The highest BCUT2D eigenvalue weighted by molar-refractivity contribution is 7.98. The van der Waals surface area contributed by atoms with Crippen LogP contribution in [0.3, 0.4) is 0 Å². The molecule has 142 valence electrons. The van der Waals surface area contributed by atoms with E-state index in [1.165, 1.54) is 11.8 Å². The summed E-state index contributed by atoms with van der Waals surface area (Å²) in [5.41, 5.74) is 1.76. The Morgan fingerprint density at radius 3 is 2.67 bits per heavy atom. The van der Waals surface area contributed by atoms with Gasteiger partial charge in [0.15, 0.2) is 5.16 Å². The topological polar surface area (TPSA) is 53.3 Å². The van der Waals surface area contributed by atoms with Gasteiger partial charge in [-0.25, -0.2) is 4.98 Å². The number of aromatic nitrogens is 2. The molecule has 0 aliphatic carbocycles. The van der Waals surface area contributed by atoms with Gasteiger partial charge in [0.2, 0.25) is 0 Å². The van der Waals surface area contributed by atoms with Crippen LogP contribution in [0.4, 0.5) is 0 Å². The quantitative estimate of drug-likeness (QED) is 0.428. The van der Waals surface area contributed by atoms with Crippen molar-refractivity contribution in [1.29, 1.82) is 0 Å². The zero-order chi connectivity index (χ0) is 19.2. The molecule has 0 saturated carbocycles. The van der Waals surface area contributed by atoms with Gasteiger partial charge in [-0.2, -0.15) is 0 Å². The van der Waals surface area contributed by atoms with Crippen molar-refractivity contribution in [2.45, 2.75) is 30.8 Å². The van der Waals surface area contributed by atoms with E-state index in [9.17, 15) is 4.79 Å². The minimum Gasteiger partial charge on any atom is -0.494 e. The van der Waals surface area contributed by atoms with Crippen LogP contribution in [0.2, 0.25) is 0 Å². The lowest BCUT2D eigenvalue weighted by atomic mass is 10.2. The first-order chi connectivity index (χ1) is 13.2. The van der Waals surface area contributed by atoms with Gasteiger partial charge in [0, 0.05) is 18.4 Å². The zero-order valence-electron chi connectivity index (χ0n) is 15.8. The van der Waals surface area contributed by atoms with E-state index in [1.54, 1.807) is 11.7 Å². The number of hydrogen-bond acceptors (Lipinski definition) is 5. The summed E-state index contributed by atoms with van der Waals surface area (Å²) in [4.78, 5) is 17.8. The van der Waals surface area contributed by atoms with E-state index in [-0.39, 0.29) is 11.6 Å². The van der Waals surface area contributed by atoms with Gasteiger partial charge in [0.05, 0.1) is 30.2 Å². The molecule has 0 amide bonds. The number of benzene rings is 2. The third-order valence-electron chi connectivity index (χ3n) is 4.25. The summed E-state index contributed by atoms with van der Waals surface area (Å²) in [6.07, 6.45) is 0. The predicted octanol–water partition coefficient (Wildman–Crippen LogP) is 4.29. The van der Waals surface area contributed by atoms with Gasteiger partial charge in [-0.15, -0.1) is 0 Å². The molecule has 6 heteroatoms. The first-order valence-electron chi connectivity index (χ1n) is 8.99. The number of hydrogen-bond donors (Lipinski definition) is 0. The van der Waals surface area contributed by atoms with E-state index in [0.29, 0.717) is 35.0 Å². The Morgan fingerprint density at radius 2 is 1.89 bits per heavy atom. The lowest BCUT2D eigenvalue weighted by Gasteiger charge is -2.19. The molecule has 0 aliphatic rings. The van der Waals surface area contributed by atoms with Crippen molar-refractivity contribution in [3.8, 4) is 5.75 Å². The van der Waals surface area contributed by atoms with Crippen LogP contribution in [0.25, 0.3) is 10.9 Å². The third kappa shape index (κ3) is 4.34. The summed E-state index contributed by atoms with van der Waals surface area (Å²) in [5, 5.41) is 1.31. The van der Waals surface area contributed by atoms with E-state index in [2.05, 4.69) is 0 Å². The molecule has 0 unspecified atom stereocenters. The second-order valence-electron chi connectivity index (χ2n) is 6.22. The Labute approximate surface area is 163 Å². The summed E-state index contributed by atoms with van der Waals surface area (Å²) in [7, 11) is 1.64. The van der Waals surface area contributed by atoms with Crippen molar-refractivity contribution in [2.24, 2.45) is 0 Å². The van der Waals surface area contributed by atoms with Crippen LogP contribution in [-0.2, 0) is 10.5 Å².